The highest BCUT2D eigenvalue weighted by molar-refractivity contribution is 5.76. The van der Waals surface area contributed by atoms with Crippen LogP contribution in [0.5, 0.6) is 5.75 Å². The summed E-state index contributed by atoms with van der Waals surface area (Å²) in [5.41, 5.74) is 0.971. The van der Waals surface area contributed by atoms with Crippen molar-refractivity contribution in [3.05, 3.63) is 29.8 Å². The normalized spacial score (nSPS) is 32.1. The van der Waals surface area contributed by atoms with Gasteiger partial charge in [-0.1, -0.05) is 12.1 Å². The summed E-state index contributed by atoms with van der Waals surface area (Å²) in [6.07, 6.45) is 7.74. The fourth-order valence-corrected chi connectivity index (χ4v) is 5.96. The number of rotatable bonds is 6. The number of halogens is 2. The standard InChI is InChI=1S/C21H27F2NO2/c1-24(20-16-9-14-8-15(11-16)12-17(20)10-14)19(25)7-4-13-2-5-18(6-3-13)26-21(22)23/h2-3,5-6,14-17,20-21H,4,7-12H2,1H3. The number of benzene rings is 1. The molecule has 4 fully saturated rings. The minimum Gasteiger partial charge on any atom is -0.435 e. The van der Waals surface area contributed by atoms with Crippen molar-refractivity contribution in [3.8, 4) is 5.75 Å². The predicted octanol–water partition coefficient (Wildman–Crippen LogP) is 4.50. The summed E-state index contributed by atoms with van der Waals surface area (Å²) in [5.74, 6) is 3.57. The van der Waals surface area contributed by atoms with Gasteiger partial charge in [0.05, 0.1) is 0 Å². The Morgan fingerprint density at radius 3 is 2.19 bits per heavy atom. The predicted molar refractivity (Wildman–Crippen MR) is 95.0 cm³/mol. The van der Waals surface area contributed by atoms with Gasteiger partial charge in [0.15, 0.2) is 0 Å². The number of nitrogens with zero attached hydrogens (tertiary/aromatic N) is 1. The summed E-state index contributed by atoms with van der Waals surface area (Å²) >= 11 is 0. The molecule has 0 radical (unpaired) electrons. The number of alkyl halides is 2. The van der Waals surface area contributed by atoms with Crippen LogP contribution in [0.3, 0.4) is 0 Å². The molecule has 4 saturated carbocycles. The van der Waals surface area contributed by atoms with Crippen LogP contribution in [0.4, 0.5) is 8.78 Å². The Morgan fingerprint density at radius 2 is 1.65 bits per heavy atom. The van der Waals surface area contributed by atoms with Gasteiger partial charge in [0, 0.05) is 19.5 Å². The molecule has 1 aromatic rings. The van der Waals surface area contributed by atoms with E-state index in [2.05, 4.69) is 4.74 Å². The third kappa shape index (κ3) is 3.58. The molecule has 3 nitrogen and oxygen atoms in total. The molecule has 0 heterocycles. The Kier molecular flexibility index (Phi) is 4.89. The van der Waals surface area contributed by atoms with Gasteiger partial charge in [-0.3, -0.25) is 4.79 Å². The van der Waals surface area contributed by atoms with Crippen molar-refractivity contribution in [2.75, 3.05) is 7.05 Å². The molecule has 4 aliphatic carbocycles. The van der Waals surface area contributed by atoms with Gasteiger partial charge < -0.3 is 9.64 Å². The van der Waals surface area contributed by atoms with Gasteiger partial charge in [-0.25, -0.2) is 0 Å². The fourth-order valence-electron chi connectivity index (χ4n) is 5.96. The van der Waals surface area contributed by atoms with Gasteiger partial charge in [-0.15, -0.1) is 0 Å². The van der Waals surface area contributed by atoms with Gasteiger partial charge in [-0.05, 0) is 79.9 Å². The molecular formula is C21H27F2NO2. The lowest BCUT2D eigenvalue weighted by atomic mass is 9.54. The van der Waals surface area contributed by atoms with E-state index in [4.69, 9.17) is 0 Å². The Bertz CT molecular complexity index is 618. The first-order valence-corrected chi connectivity index (χ1v) is 9.79. The fraction of sp³-hybridized carbons (Fsp3) is 0.667. The van der Waals surface area contributed by atoms with E-state index in [0.717, 1.165) is 17.4 Å². The number of hydrogen-bond acceptors (Lipinski definition) is 2. The maximum atomic E-state index is 12.8. The average Bonchev–Trinajstić information content (AvgIpc) is 2.59. The number of amides is 1. The Balaban J connectivity index is 1.32. The van der Waals surface area contributed by atoms with Crippen LogP contribution in [0.25, 0.3) is 0 Å². The summed E-state index contributed by atoms with van der Waals surface area (Å²) in [6.45, 7) is -2.81. The van der Waals surface area contributed by atoms with Crippen LogP contribution in [-0.4, -0.2) is 30.5 Å². The average molecular weight is 363 g/mol. The maximum Gasteiger partial charge on any atom is 0.387 e. The first-order valence-electron chi connectivity index (χ1n) is 9.79. The highest BCUT2D eigenvalue weighted by Gasteiger charge is 2.50. The third-order valence-electron chi connectivity index (χ3n) is 6.79. The van der Waals surface area contributed by atoms with Crippen molar-refractivity contribution < 1.29 is 18.3 Å². The summed E-state index contributed by atoms with van der Waals surface area (Å²) in [5, 5.41) is 0. The zero-order valence-corrected chi connectivity index (χ0v) is 15.2. The summed E-state index contributed by atoms with van der Waals surface area (Å²) in [4.78, 5) is 14.8. The second-order valence-electron chi connectivity index (χ2n) is 8.45. The summed E-state index contributed by atoms with van der Waals surface area (Å²) in [6, 6.07) is 7.01. The van der Waals surface area contributed by atoms with Crippen LogP contribution in [0, 0.1) is 23.7 Å². The number of ether oxygens (including phenoxy) is 1. The molecule has 1 aromatic carbocycles. The second kappa shape index (κ2) is 7.16. The van der Waals surface area contributed by atoms with Crippen molar-refractivity contribution in [2.45, 2.75) is 57.6 Å². The highest BCUT2D eigenvalue weighted by Crippen LogP contribution is 2.55. The van der Waals surface area contributed by atoms with Crippen LogP contribution < -0.4 is 4.74 Å². The number of aryl methyl sites for hydroxylation is 1. The van der Waals surface area contributed by atoms with Crippen molar-refractivity contribution in [1.82, 2.24) is 4.90 Å². The van der Waals surface area contributed by atoms with Gasteiger partial charge in [-0.2, -0.15) is 8.78 Å². The number of carbonyl (C=O) groups is 1. The monoisotopic (exact) mass is 363 g/mol. The Morgan fingerprint density at radius 1 is 1.08 bits per heavy atom. The van der Waals surface area contributed by atoms with Crippen LogP contribution in [0.15, 0.2) is 24.3 Å². The second-order valence-corrected chi connectivity index (χ2v) is 8.45. The molecule has 1 amide bonds. The zero-order chi connectivity index (χ0) is 18.3. The van der Waals surface area contributed by atoms with Crippen LogP contribution in [0.2, 0.25) is 0 Å². The number of carbonyl (C=O) groups excluding carboxylic acids is 1. The first kappa shape index (κ1) is 17.7. The number of hydrogen-bond donors (Lipinski definition) is 0. The van der Waals surface area contributed by atoms with Crippen molar-refractivity contribution in [1.29, 1.82) is 0 Å². The minimum atomic E-state index is -2.81. The maximum absolute atomic E-state index is 12.8. The molecule has 0 atom stereocenters. The molecule has 0 aromatic heterocycles. The van der Waals surface area contributed by atoms with Gasteiger partial charge in [0.25, 0.3) is 0 Å². The molecule has 0 N–H and O–H groups in total. The van der Waals surface area contributed by atoms with E-state index < -0.39 is 6.61 Å². The lowest BCUT2D eigenvalue weighted by Crippen LogP contribution is -2.56. The largest absolute Gasteiger partial charge is 0.435 e. The Hall–Kier alpha value is -1.65. The van der Waals surface area contributed by atoms with E-state index in [0.29, 0.717) is 30.7 Å². The minimum absolute atomic E-state index is 0.154. The molecule has 0 aliphatic heterocycles. The molecule has 4 aliphatic rings. The van der Waals surface area contributed by atoms with E-state index >= 15 is 0 Å². The smallest absolute Gasteiger partial charge is 0.387 e. The molecule has 5 rings (SSSR count). The molecular weight excluding hydrogens is 336 g/mol. The summed E-state index contributed by atoms with van der Waals surface area (Å²) in [7, 11) is 1.98. The quantitative estimate of drug-likeness (QED) is 0.745. The molecule has 4 bridgehead atoms. The van der Waals surface area contributed by atoms with Crippen LogP contribution >= 0.6 is 0 Å². The molecule has 0 spiro atoms. The van der Waals surface area contributed by atoms with Gasteiger partial charge in [0.2, 0.25) is 5.91 Å². The lowest BCUT2D eigenvalue weighted by Gasteiger charge is -2.56. The van der Waals surface area contributed by atoms with Gasteiger partial charge in [0.1, 0.15) is 5.75 Å². The Labute approximate surface area is 153 Å². The zero-order valence-electron chi connectivity index (χ0n) is 15.2. The topological polar surface area (TPSA) is 29.5 Å². The molecule has 26 heavy (non-hydrogen) atoms. The third-order valence-corrected chi connectivity index (χ3v) is 6.79. The van der Waals surface area contributed by atoms with Crippen molar-refractivity contribution in [3.63, 3.8) is 0 Å². The van der Waals surface area contributed by atoms with E-state index in [-0.39, 0.29) is 11.7 Å². The lowest BCUT2D eigenvalue weighted by molar-refractivity contribution is -0.141. The highest BCUT2D eigenvalue weighted by atomic mass is 19.3. The molecule has 142 valence electrons. The summed E-state index contributed by atoms with van der Waals surface area (Å²) < 4.78 is 28.7. The van der Waals surface area contributed by atoms with E-state index in [1.165, 1.54) is 44.2 Å². The van der Waals surface area contributed by atoms with E-state index in [1.807, 2.05) is 11.9 Å². The SMILES string of the molecule is CN(C(=O)CCc1ccc(OC(F)F)cc1)C1C2CC3CC(C2)CC1C3. The molecule has 0 saturated heterocycles. The van der Waals surface area contributed by atoms with E-state index in [1.54, 1.807) is 12.1 Å². The van der Waals surface area contributed by atoms with Crippen LogP contribution in [-0.2, 0) is 11.2 Å². The molecule has 5 heteroatoms. The van der Waals surface area contributed by atoms with Crippen molar-refractivity contribution in [2.24, 2.45) is 23.7 Å². The van der Waals surface area contributed by atoms with Gasteiger partial charge >= 0.3 is 6.61 Å². The van der Waals surface area contributed by atoms with Crippen LogP contribution in [0.1, 0.15) is 44.1 Å². The van der Waals surface area contributed by atoms with E-state index in [9.17, 15) is 13.6 Å². The van der Waals surface area contributed by atoms with Crippen molar-refractivity contribution >= 4 is 5.91 Å². The first-order chi connectivity index (χ1) is 12.5. The molecule has 0 unspecified atom stereocenters.